The molecule has 0 saturated carbocycles. The Hall–Kier alpha value is -3.41. The fourth-order valence-electron chi connectivity index (χ4n) is 2.86. The van der Waals surface area contributed by atoms with Gasteiger partial charge in [0, 0.05) is 6.07 Å². The number of aromatic nitrogens is 3. The fraction of sp³-hybridized carbons (Fsp3) is 0.105. The second kappa shape index (κ2) is 7.38. The molecule has 0 spiro atoms. The number of alkyl halides is 6. The van der Waals surface area contributed by atoms with Gasteiger partial charge in [0.15, 0.2) is 17.0 Å². The zero-order valence-electron chi connectivity index (χ0n) is 15.1. The molecule has 4 aromatic rings. The van der Waals surface area contributed by atoms with E-state index >= 15 is 0 Å². The van der Waals surface area contributed by atoms with Crippen molar-refractivity contribution in [2.45, 2.75) is 12.4 Å². The zero-order chi connectivity index (χ0) is 22.4. The van der Waals surface area contributed by atoms with Crippen molar-refractivity contribution in [3.63, 3.8) is 0 Å². The number of nitrogens with zero attached hydrogens (tertiary/aromatic N) is 3. The predicted octanol–water partition coefficient (Wildman–Crippen LogP) is 5.75. The van der Waals surface area contributed by atoms with Crippen LogP contribution in [0.5, 0.6) is 0 Å². The molecule has 1 amide bonds. The smallest absolute Gasteiger partial charge is 0.320 e. The number of rotatable bonds is 3. The standard InChI is InChI=1S/C19H10F6N4OS/c20-18(21,22)10-4-1-2-5-11(10)27-17(30)13-9-16-26-12(14-6-3-7-31-14)8-15(19(23,24)25)29(16)28-13/h1-9H,(H,27,30). The first kappa shape index (κ1) is 20.8. The summed E-state index contributed by atoms with van der Waals surface area (Å²) in [5, 5.41) is 7.36. The number of halogens is 6. The molecule has 0 aliphatic heterocycles. The molecule has 3 aromatic heterocycles. The maximum atomic E-state index is 13.6. The molecule has 160 valence electrons. The molecule has 3 heterocycles. The summed E-state index contributed by atoms with van der Waals surface area (Å²) in [6.45, 7) is 0. The van der Waals surface area contributed by atoms with Crippen LogP contribution in [0.2, 0.25) is 0 Å². The molecule has 4 rings (SSSR count). The summed E-state index contributed by atoms with van der Waals surface area (Å²) in [6, 6.07) is 9.25. The number of thiophene rings is 1. The molecule has 0 atom stereocenters. The number of fused-ring (bicyclic) bond motifs is 1. The van der Waals surface area contributed by atoms with Crippen LogP contribution in [0.4, 0.5) is 32.0 Å². The number of amides is 1. The molecule has 31 heavy (non-hydrogen) atoms. The summed E-state index contributed by atoms with van der Waals surface area (Å²) in [7, 11) is 0. The number of benzene rings is 1. The van der Waals surface area contributed by atoms with Gasteiger partial charge in [-0.05, 0) is 29.6 Å². The average Bonchev–Trinajstić information content (AvgIpc) is 3.35. The lowest BCUT2D eigenvalue weighted by atomic mass is 10.1. The molecule has 5 nitrogen and oxygen atoms in total. The van der Waals surface area contributed by atoms with Gasteiger partial charge in [0.25, 0.3) is 5.91 Å². The van der Waals surface area contributed by atoms with E-state index in [1.165, 1.54) is 17.4 Å². The van der Waals surface area contributed by atoms with Crippen LogP contribution in [0.3, 0.4) is 0 Å². The highest BCUT2D eigenvalue weighted by Crippen LogP contribution is 2.35. The Morgan fingerprint density at radius 2 is 1.71 bits per heavy atom. The molecule has 0 aliphatic carbocycles. The minimum absolute atomic E-state index is 0.0316. The van der Waals surface area contributed by atoms with Gasteiger partial charge in [-0.3, -0.25) is 4.79 Å². The lowest BCUT2D eigenvalue weighted by Crippen LogP contribution is -2.18. The second-order valence-corrected chi connectivity index (χ2v) is 7.25. The van der Waals surface area contributed by atoms with Crippen LogP contribution in [0.1, 0.15) is 21.7 Å². The second-order valence-electron chi connectivity index (χ2n) is 6.30. The van der Waals surface area contributed by atoms with Crippen molar-refractivity contribution in [1.82, 2.24) is 14.6 Å². The fourth-order valence-corrected chi connectivity index (χ4v) is 3.55. The van der Waals surface area contributed by atoms with E-state index in [1.54, 1.807) is 17.5 Å². The van der Waals surface area contributed by atoms with Gasteiger partial charge in [-0.15, -0.1) is 11.3 Å². The number of hydrogen-bond acceptors (Lipinski definition) is 4. The van der Waals surface area contributed by atoms with Crippen LogP contribution in [-0.2, 0) is 12.4 Å². The molecule has 0 unspecified atom stereocenters. The normalized spacial score (nSPS) is 12.3. The molecule has 0 saturated heterocycles. The first-order chi connectivity index (χ1) is 14.5. The summed E-state index contributed by atoms with van der Waals surface area (Å²) in [4.78, 5) is 17.1. The number of carbonyl (C=O) groups is 1. The van der Waals surface area contributed by atoms with Crippen molar-refractivity contribution >= 4 is 28.6 Å². The van der Waals surface area contributed by atoms with E-state index < -0.39 is 40.9 Å². The zero-order valence-corrected chi connectivity index (χ0v) is 15.9. The van der Waals surface area contributed by atoms with Crippen LogP contribution in [-0.4, -0.2) is 20.5 Å². The van der Waals surface area contributed by atoms with Gasteiger partial charge in [-0.1, -0.05) is 18.2 Å². The third kappa shape index (κ3) is 4.10. The van der Waals surface area contributed by atoms with Crippen LogP contribution < -0.4 is 5.32 Å². The third-order valence-electron chi connectivity index (χ3n) is 4.20. The number of anilines is 1. The quantitative estimate of drug-likeness (QED) is 0.400. The lowest BCUT2D eigenvalue weighted by Gasteiger charge is -2.12. The van der Waals surface area contributed by atoms with Crippen LogP contribution in [0.25, 0.3) is 16.2 Å². The Kier molecular flexibility index (Phi) is 4.96. The summed E-state index contributed by atoms with van der Waals surface area (Å²) in [5.74, 6) is -1.10. The molecule has 12 heteroatoms. The molecule has 0 aliphatic rings. The highest BCUT2D eigenvalue weighted by atomic mass is 32.1. The van der Waals surface area contributed by atoms with Crippen molar-refractivity contribution < 1.29 is 31.1 Å². The van der Waals surface area contributed by atoms with E-state index in [-0.39, 0.29) is 11.3 Å². The topological polar surface area (TPSA) is 59.3 Å². The van der Waals surface area contributed by atoms with Gasteiger partial charge in [-0.25, -0.2) is 9.50 Å². The first-order valence-corrected chi connectivity index (χ1v) is 9.41. The van der Waals surface area contributed by atoms with Gasteiger partial charge in [0.05, 0.1) is 21.8 Å². The maximum Gasteiger partial charge on any atom is 0.433 e. The molecule has 1 aromatic carbocycles. The molecule has 1 N–H and O–H groups in total. The lowest BCUT2D eigenvalue weighted by molar-refractivity contribution is -0.142. The third-order valence-corrected chi connectivity index (χ3v) is 5.10. The van der Waals surface area contributed by atoms with E-state index in [2.05, 4.69) is 15.4 Å². The van der Waals surface area contributed by atoms with Gasteiger partial charge < -0.3 is 5.32 Å². The molecule has 0 fully saturated rings. The van der Waals surface area contributed by atoms with Gasteiger partial charge in [-0.2, -0.15) is 31.4 Å². The Balaban J connectivity index is 1.77. The molecule has 0 bridgehead atoms. The average molecular weight is 456 g/mol. The van der Waals surface area contributed by atoms with E-state index in [9.17, 15) is 31.1 Å². The van der Waals surface area contributed by atoms with Crippen LogP contribution in [0.15, 0.2) is 53.9 Å². The Labute approximate surface area is 174 Å². The minimum Gasteiger partial charge on any atom is -0.320 e. The van der Waals surface area contributed by atoms with E-state index in [4.69, 9.17) is 0 Å². The Bertz CT molecular complexity index is 1260. The number of para-hydroxylation sites is 1. The van der Waals surface area contributed by atoms with Crippen molar-refractivity contribution in [3.05, 3.63) is 70.9 Å². The highest BCUT2D eigenvalue weighted by molar-refractivity contribution is 7.13. The SMILES string of the molecule is O=C(Nc1ccccc1C(F)(F)F)c1cc2nc(-c3cccs3)cc(C(F)(F)F)n2n1. The van der Waals surface area contributed by atoms with Gasteiger partial charge in [0.2, 0.25) is 0 Å². The van der Waals surface area contributed by atoms with E-state index in [0.29, 0.717) is 9.39 Å². The summed E-state index contributed by atoms with van der Waals surface area (Å²) in [5.41, 5.74) is -3.56. The molecular formula is C19H10F6N4OS. The first-order valence-electron chi connectivity index (χ1n) is 8.53. The van der Waals surface area contributed by atoms with Crippen LogP contribution >= 0.6 is 11.3 Å². The summed E-state index contributed by atoms with van der Waals surface area (Å²) >= 11 is 1.18. The molecular weight excluding hydrogens is 446 g/mol. The minimum atomic E-state index is -4.81. The molecule has 0 radical (unpaired) electrons. The van der Waals surface area contributed by atoms with Crippen molar-refractivity contribution in [1.29, 1.82) is 0 Å². The summed E-state index contributed by atoms with van der Waals surface area (Å²) in [6.07, 6.45) is -9.54. The van der Waals surface area contributed by atoms with E-state index in [1.807, 2.05) is 0 Å². The van der Waals surface area contributed by atoms with Crippen molar-refractivity contribution in [3.8, 4) is 10.6 Å². The number of hydrogen-bond donors (Lipinski definition) is 1. The number of carbonyl (C=O) groups excluding carboxylic acids is 1. The largest absolute Gasteiger partial charge is 0.433 e. The van der Waals surface area contributed by atoms with Gasteiger partial charge in [0.1, 0.15) is 0 Å². The predicted molar refractivity (Wildman–Crippen MR) is 101 cm³/mol. The number of nitrogens with one attached hydrogen (secondary N) is 1. The Morgan fingerprint density at radius 1 is 0.968 bits per heavy atom. The van der Waals surface area contributed by atoms with Crippen molar-refractivity contribution in [2.24, 2.45) is 0 Å². The summed E-state index contributed by atoms with van der Waals surface area (Å²) < 4.78 is 80.5. The maximum absolute atomic E-state index is 13.6. The monoisotopic (exact) mass is 456 g/mol. The van der Waals surface area contributed by atoms with E-state index in [0.717, 1.165) is 30.3 Å². The van der Waals surface area contributed by atoms with Crippen molar-refractivity contribution in [2.75, 3.05) is 5.32 Å². The Morgan fingerprint density at radius 3 is 2.35 bits per heavy atom. The van der Waals surface area contributed by atoms with Crippen LogP contribution in [0, 0.1) is 0 Å². The highest BCUT2D eigenvalue weighted by Gasteiger charge is 2.36. The van der Waals surface area contributed by atoms with Gasteiger partial charge >= 0.3 is 12.4 Å².